The summed E-state index contributed by atoms with van der Waals surface area (Å²) in [7, 11) is -1.83. The smallest absolute Gasteiger partial charge is 0.0476 e. The van der Waals surface area contributed by atoms with E-state index in [4.69, 9.17) is 0 Å². The second-order valence-electron chi connectivity index (χ2n) is 9.27. The van der Waals surface area contributed by atoms with Crippen LogP contribution in [0.5, 0.6) is 0 Å². The highest BCUT2D eigenvalue weighted by Crippen LogP contribution is 2.47. The normalized spacial score (nSPS) is 32.3. The minimum Gasteiger partial charge on any atom is -0.0695 e. The summed E-state index contributed by atoms with van der Waals surface area (Å²) in [6, 6.07) is 1.53. The summed E-state index contributed by atoms with van der Waals surface area (Å²) in [5.74, 6) is 3.00. The van der Waals surface area contributed by atoms with Crippen molar-refractivity contribution < 1.29 is 0 Å². The van der Waals surface area contributed by atoms with Gasteiger partial charge in [0.2, 0.25) is 0 Å². The molecule has 0 spiro atoms. The topological polar surface area (TPSA) is 0 Å². The summed E-state index contributed by atoms with van der Waals surface area (Å²) in [5.41, 5.74) is 1.07. The Bertz CT molecular complexity index is 259. The Kier molecular flexibility index (Phi) is 5.33. The van der Waals surface area contributed by atoms with Gasteiger partial charge in [-0.1, -0.05) is 65.6 Å². The van der Waals surface area contributed by atoms with E-state index in [9.17, 15) is 0 Å². The Morgan fingerprint density at radius 3 is 2.00 bits per heavy atom. The van der Waals surface area contributed by atoms with E-state index < -0.39 is 16.1 Å². The minimum atomic E-state index is -0.954. The molecular weight excluding hydrogens is 248 g/mol. The maximum atomic E-state index is 2.58. The first kappa shape index (κ1) is 16.5. The van der Waals surface area contributed by atoms with Crippen LogP contribution in [0.3, 0.4) is 0 Å². The molecule has 0 aliphatic heterocycles. The van der Waals surface area contributed by atoms with E-state index in [0.29, 0.717) is 0 Å². The van der Waals surface area contributed by atoms with Gasteiger partial charge in [-0.25, -0.2) is 0 Å². The lowest BCUT2D eigenvalue weighted by atomic mass is 9.77. The molecule has 0 aromatic rings. The zero-order valence-electron chi connectivity index (χ0n) is 14.1. The van der Waals surface area contributed by atoms with Crippen molar-refractivity contribution in [2.75, 3.05) is 0 Å². The standard InChI is InChI=1S/C16H36Si2/c1-13-9-10-15(11-16(13)18(6,7)8)14(2)12-17(3,4)5/h13-16H,9-12H2,1-8H3. The van der Waals surface area contributed by atoms with Crippen molar-refractivity contribution in [1.29, 1.82) is 0 Å². The third kappa shape index (κ3) is 4.84. The highest BCUT2D eigenvalue weighted by molar-refractivity contribution is 6.77. The van der Waals surface area contributed by atoms with Gasteiger partial charge in [0.15, 0.2) is 0 Å². The monoisotopic (exact) mass is 284 g/mol. The Morgan fingerprint density at radius 1 is 1.00 bits per heavy atom. The maximum absolute atomic E-state index is 2.58. The Morgan fingerprint density at radius 2 is 1.56 bits per heavy atom. The molecule has 2 heteroatoms. The molecule has 1 saturated carbocycles. The molecule has 0 N–H and O–H groups in total. The molecule has 0 bridgehead atoms. The fourth-order valence-corrected chi connectivity index (χ4v) is 9.36. The highest BCUT2D eigenvalue weighted by Gasteiger charge is 2.38. The molecule has 0 aromatic heterocycles. The van der Waals surface area contributed by atoms with Crippen molar-refractivity contribution in [2.45, 2.75) is 84.0 Å². The van der Waals surface area contributed by atoms with Crippen LogP contribution in [0.1, 0.15) is 33.1 Å². The van der Waals surface area contributed by atoms with Crippen LogP contribution >= 0.6 is 0 Å². The second kappa shape index (κ2) is 5.82. The van der Waals surface area contributed by atoms with E-state index in [1.807, 2.05) is 0 Å². The van der Waals surface area contributed by atoms with Gasteiger partial charge in [0.1, 0.15) is 0 Å². The summed E-state index contributed by atoms with van der Waals surface area (Å²) in [6.07, 6.45) is 4.55. The lowest BCUT2D eigenvalue weighted by Gasteiger charge is -2.43. The predicted octanol–water partition coefficient (Wildman–Crippen LogP) is 6.11. The van der Waals surface area contributed by atoms with E-state index in [-0.39, 0.29) is 0 Å². The quantitative estimate of drug-likeness (QED) is 0.547. The molecule has 0 saturated heterocycles. The van der Waals surface area contributed by atoms with Crippen LogP contribution in [0.4, 0.5) is 0 Å². The third-order valence-electron chi connectivity index (χ3n) is 5.09. The molecular formula is C16H36Si2. The van der Waals surface area contributed by atoms with Gasteiger partial charge >= 0.3 is 0 Å². The lowest BCUT2D eigenvalue weighted by Crippen LogP contribution is -2.38. The van der Waals surface area contributed by atoms with Crippen molar-refractivity contribution in [2.24, 2.45) is 17.8 Å². The summed E-state index contributed by atoms with van der Waals surface area (Å²) in [6.45, 7) is 20.4. The van der Waals surface area contributed by atoms with Crippen molar-refractivity contribution >= 4 is 16.1 Å². The number of hydrogen-bond acceptors (Lipinski definition) is 0. The largest absolute Gasteiger partial charge is 0.0695 e. The molecule has 18 heavy (non-hydrogen) atoms. The summed E-state index contributed by atoms with van der Waals surface area (Å²) in [4.78, 5) is 0. The molecule has 1 fully saturated rings. The fourth-order valence-electron chi connectivity index (χ4n) is 4.21. The first-order valence-electron chi connectivity index (χ1n) is 8.00. The second-order valence-corrected chi connectivity index (χ2v) is 20.3. The van der Waals surface area contributed by atoms with Crippen LogP contribution in [0.15, 0.2) is 0 Å². The van der Waals surface area contributed by atoms with Gasteiger partial charge in [0.05, 0.1) is 0 Å². The molecule has 1 aliphatic carbocycles. The molecule has 1 rings (SSSR count). The van der Waals surface area contributed by atoms with Crippen molar-refractivity contribution in [3.05, 3.63) is 0 Å². The van der Waals surface area contributed by atoms with Gasteiger partial charge in [-0.15, -0.1) is 0 Å². The summed E-state index contributed by atoms with van der Waals surface area (Å²) >= 11 is 0. The average molecular weight is 285 g/mol. The molecule has 0 nitrogen and oxygen atoms in total. The number of hydrogen-bond donors (Lipinski definition) is 0. The van der Waals surface area contributed by atoms with Gasteiger partial charge in [0, 0.05) is 16.1 Å². The van der Waals surface area contributed by atoms with Gasteiger partial charge in [-0.3, -0.25) is 0 Å². The van der Waals surface area contributed by atoms with Crippen LogP contribution in [0.25, 0.3) is 0 Å². The maximum Gasteiger partial charge on any atom is 0.0476 e. The predicted molar refractivity (Wildman–Crippen MR) is 90.9 cm³/mol. The van der Waals surface area contributed by atoms with Crippen LogP contribution in [0, 0.1) is 17.8 Å². The first-order chi connectivity index (χ1) is 8.00. The zero-order valence-corrected chi connectivity index (χ0v) is 16.1. The molecule has 108 valence electrons. The molecule has 0 aromatic carbocycles. The van der Waals surface area contributed by atoms with E-state index in [2.05, 4.69) is 53.1 Å². The minimum absolute atomic E-state index is 0.878. The summed E-state index contributed by atoms with van der Waals surface area (Å²) < 4.78 is 0. The van der Waals surface area contributed by atoms with Gasteiger partial charge < -0.3 is 0 Å². The lowest BCUT2D eigenvalue weighted by molar-refractivity contribution is 0.229. The first-order valence-corrected chi connectivity index (χ1v) is 15.3. The molecule has 0 amide bonds. The fraction of sp³-hybridized carbons (Fsp3) is 1.00. The summed E-state index contributed by atoms with van der Waals surface area (Å²) in [5, 5.41) is 0. The molecule has 0 radical (unpaired) electrons. The number of rotatable bonds is 4. The van der Waals surface area contributed by atoms with E-state index in [1.165, 1.54) is 18.9 Å². The van der Waals surface area contributed by atoms with Gasteiger partial charge in [-0.2, -0.15) is 0 Å². The SMILES string of the molecule is CC(C[Si](C)(C)C)C1CCC(C)C([Si](C)(C)C)C1. The van der Waals surface area contributed by atoms with Gasteiger partial charge in [-0.05, 0) is 36.1 Å². The van der Waals surface area contributed by atoms with E-state index in [1.54, 1.807) is 6.42 Å². The molecule has 4 atom stereocenters. The highest BCUT2D eigenvalue weighted by atomic mass is 28.3. The van der Waals surface area contributed by atoms with Crippen LogP contribution in [0.2, 0.25) is 50.9 Å². The average Bonchev–Trinajstić information content (AvgIpc) is 2.13. The van der Waals surface area contributed by atoms with Crippen molar-refractivity contribution in [3.63, 3.8) is 0 Å². The van der Waals surface area contributed by atoms with Crippen LogP contribution in [-0.2, 0) is 0 Å². The third-order valence-corrected chi connectivity index (χ3v) is 9.99. The van der Waals surface area contributed by atoms with Crippen LogP contribution in [-0.4, -0.2) is 16.1 Å². The molecule has 4 unspecified atom stereocenters. The van der Waals surface area contributed by atoms with Crippen molar-refractivity contribution in [1.82, 2.24) is 0 Å². The van der Waals surface area contributed by atoms with Gasteiger partial charge in [0.25, 0.3) is 0 Å². The van der Waals surface area contributed by atoms with Crippen molar-refractivity contribution in [3.8, 4) is 0 Å². The van der Waals surface area contributed by atoms with E-state index >= 15 is 0 Å². The van der Waals surface area contributed by atoms with Crippen LogP contribution < -0.4 is 0 Å². The van der Waals surface area contributed by atoms with E-state index in [0.717, 1.165) is 23.3 Å². The Hall–Kier alpha value is 0.434. The molecule has 1 aliphatic rings. The molecule has 0 heterocycles. The zero-order chi connectivity index (χ0) is 14.1. The Labute approximate surface area is 118 Å². The Balaban J connectivity index is 2.65.